The lowest BCUT2D eigenvalue weighted by atomic mass is 9.78. The zero-order valence-electron chi connectivity index (χ0n) is 10.4. The molecule has 1 aromatic heterocycles. The minimum absolute atomic E-state index is 0.128. The van der Waals surface area contributed by atoms with Gasteiger partial charge in [0.25, 0.3) is 0 Å². The third kappa shape index (κ3) is 2.46. The average Bonchev–Trinajstić information content (AvgIpc) is 2.39. The van der Waals surface area contributed by atoms with Crippen LogP contribution in [0.2, 0.25) is 5.28 Å². The van der Waals surface area contributed by atoms with E-state index in [0.717, 1.165) is 13.0 Å². The lowest BCUT2D eigenvalue weighted by Crippen LogP contribution is -2.24. The van der Waals surface area contributed by atoms with Crippen LogP contribution in [0.5, 0.6) is 6.01 Å². The first-order chi connectivity index (χ1) is 9.26. The van der Waals surface area contributed by atoms with E-state index in [9.17, 15) is 0 Å². The monoisotopic (exact) mass is 276 g/mol. The van der Waals surface area contributed by atoms with Gasteiger partial charge in [0.15, 0.2) is 0 Å². The van der Waals surface area contributed by atoms with Crippen molar-refractivity contribution < 1.29 is 4.74 Å². The highest BCUT2D eigenvalue weighted by Gasteiger charge is 2.25. The van der Waals surface area contributed by atoms with Gasteiger partial charge in [0.05, 0.1) is 7.11 Å². The number of aromatic nitrogens is 3. The zero-order valence-corrected chi connectivity index (χ0v) is 11.2. The van der Waals surface area contributed by atoms with Gasteiger partial charge in [-0.15, -0.1) is 0 Å². The molecule has 0 radical (unpaired) electrons. The third-order valence-electron chi connectivity index (χ3n) is 3.24. The van der Waals surface area contributed by atoms with Gasteiger partial charge >= 0.3 is 6.01 Å². The minimum Gasteiger partial charge on any atom is -0.467 e. The number of ether oxygens (including phenoxy) is 1. The molecule has 0 saturated heterocycles. The van der Waals surface area contributed by atoms with Crippen LogP contribution in [-0.4, -0.2) is 28.6 Å². The van der Waals surface area contributed by atoms with Crippen LogP contribution in [0, 0.1) is 0 Å². The molecule has 1 atom stereocenters. The Morgan fingerprint density at radius 2 is 2.16 bits per heavy atom. The number of rotatable bonds is 4. The molecule has 1 heterocycles. The van der Waals surface area contributed by atoms with Crippen molar-refractivity contribution in [2.24, 2.45) is 0 Å². The van der Waals surface area contributed by atoms with Gasteiger partial charge in [-0.1, -0.05) is 24.3 Å². The molecule has 1 aliphatic carbocycles. The van der Waals surface area contributed by atoms with Crippen molar-refractivity contribution in [3.63, 3.8) is 0 Å². The highest BCUT2D eigenvalue weighted by molar-refractivity contribution is 6.28. The van der Waals surface area contributed by atoms with Gasteiger partial charge in [-0.05, 0) is 29.1 Å². The SMILES string of the molecule is COc1nc(Cl)nc(NCC2Cc3ccccc32)n1. The normalized spacial score (nSPS) is 16.4. The standard InChI is InChI=1S/C13H13ClN4O/c1-19-13-17-11(14)16-12(18-13)15-7-9-6-8-4-2-3-5-10(8)9/h2-5,9H,6-7H2,1H3,(H,15,16,17,18). The Hall–Kier alpha value is -1.88. The summed E-state index contributed by atoms with van der Waals surface area (Å²) in [5.41, 5.74) is 2.81. The first kappa shape index (κ1) is 12.2. The Kier molecular flexibility index (Phi) is 3.21. The topological polar surface area (TPSA) is 59.9 Å². The van der Waals surface area contributed by atoms with E-state index in [1.165, 1.54) is 18.2 Å². The fourth-order valence-electron chi connectivity index (χ4n) is 2.26. The van der Waals surface area contributed by atoms with Crippen molar-refractivity contribution in [3.8, 4) is 6.01 Å². The second-order valence-electron chi connectivity index (χ2n) is 4.40. The Balaban J connectivity index is 1.66. The number of hydrogen-bond acceptors (Lipinski definition) is 5. The molecule has 0 spiro atoms. The number of anilines is 1. The van der Waals surface area contributed by atoms with Gasteiger partial charge in [-0.2, -0.15) is 15.0 Å². The van der Waals surface area contributed by atoms with Gasteiger partial charge in [0.1, 0.15) is 0 Å². The summed E-state index contributed by atoms with van der Waals surface area (Å²) in [6.07, 6.45) is 1.08. The summed E-state index contributed by atoms with van der Waals surface area (Å²) >= 11 is 5.79. The molecule has 3 rings (SSSR count). The summed E-state index contributed by atoms with van der Waals surface area (Å²) in [6, 6.07) is 8.67. The molecule has 0 amide bonds. The van der Waals surface area contributed by atoms with Crippen LogP contribution in [0.4, 0.5) is 5.95 Å². The van der Waals surface area contributed by atoms with E-state index in [2.05, 4.69) is 44.5 Å². The summed E-state index contributed by atoms with van der Waals surface area (Å²) in [5.74, 6) is 0.943. The Bertz CT molecular complexity index is 605. The molecule has 19 heavy (non-hydrogen) atoms. The highest BCUT2D eigenvalue weighted by atomic mass is 35.5. The van der Waals surface area contributed by atoms with E-state index in [0.29, 0.717) is 11.9 Å². The predicted molar refractivity (Wildman–Crippen MR) is 72.8 cm³/mol. The molecule has 2 aromatic rings. The molecule has 6 heteroatoms. The summed E-state index contributed by atoms with van der Waals surface area (Å²) < 4.78 is 4.95. The number of hydrogen-bond donors (Lipinski definition) is 1. The Morgan fingerprint density at radius 1 is 1.32 bits per heavy atom. The van der Waals surface area contributed by atoms with Crippen LogP contribution in [0.25, 0.3) is 0 Å². The molecular formula is C13H13ClN4O. The van der Waals surface area contributed by atoms with Crippen molar-refractivity contribution in [3.05, 3.63) is 40.7 Å². The molecule has 0 bridgehead atoms. The number of halogens is 1. The fourth-order valence-corrected chi connectivity index (χ4v) is 2.41. The first-order valence-electron chi connectivity index (χ1n) is 6.03. The molecule has 0 aliphatic heterocycles. The molecule has 1 unspecified atom stereocenters. The quantitative estimate of drug-likeness (QED) is 0.928. The second kappa shape index (κ2) is 5.01. The van der Waals surface area contributed by atoms with Crippen molar-refractivity contribution in [1.82, 2.24) is 15.0 Å². The van der Waals surface area contributed by atoms with Crippen molar-refractivity contribution in [2.75, 3.05) is 19.0 Å². The van der Waals surface area contributed by atoms with Gasteiger partial charge in [0, 0.05) is 12.5 Å². The Morgan fingerprint density at radius 3 is 2.95 bits per heavy atom. The van der Waals surface area contributed by atoms with Crippen LogP contribution < -0.4 is 10.1 Å². The maximum atomic E-state index is 5.79. The number of methoxy groups -OCH3 is 1. The summed E-state index contributed by atoms with van der Waals surface area (Å²) in [4.78, 5) is 11.9. The lowest BCUT2D eigenvalue weighted by Gasteiger charge is -2.30. The van der Waals surface area contributed by atoms with Gasteiger partial charge in [-0.3, -0.25) is 0 Å². The van der Waals surface area contributed by atoms with Gasteiger partial charge in [-0.25, -0.2) is 0 Å². The van der Waals surface area contributed by atoms with E-state index in [1.54, 1.807) is 0 Å². The van der Waals surface area contributed by atoms with Gasteiger partial charge < -0.3 is 10.1 Å². The summed E-state index contributed by atoms with van der Waals surface area (Å²) in [7, 11) is 1.50. The van der Waals surface area contributed by atoms with Crippen molar-refractivity contribution in [1.29, 1.82) is 0 Å². The van der Waals surface area contributed by atoms with Gasteiger partial charge in [0.2, 0.25) is 11.2 Å². The maximum Gasteiger partial charge on any atom is 0.322 e. The molecule has 1 aromatic carbocycles. The van der Waals surface area contributed by atoms with Crippen LogP contribution in [0.15, 0.2) is 24.3 Å². The average molecular weight is 277 g/mol. The molecule has 5 nitrogen and oxygen atoms in total. The lowest BCUT2D eigenvalue weighted by molar-refractivity contribution is 0.378. The van der Waals surface area contributed by atoms with Crippen LogP contribution >= 0.6 is 11.6 Å². The van der Waals surface area contributed by atoms with E-state index in [1.807, 2.05) is 0 Å². The summed E-state index contributed by atoms with van der Waals surface area (Å²) in [6.45, 7) is 0.778. The molecule has 0 fully saturated rings. The second-order valence-corrected chi connectivity index (χ2v) is 4.73. The van der Waals surface area contributed by atoms with Crippen molar-refractivity contribution >= 4 is 17.5 Å². The highest BCUT2D eigenvalue weighted by Crippen LogP contribution is 2.34. The zero-order chi connectivity index (χ0) is 13.2. The third-order valence-corrected chi connectivity index (χ3v) is 3.41. The fraction of sp³-hybridized carbons (Fsp3) is 0.308. The molecule has 98 valence electrons. The largest absolute Gasteiger partial charge is 0.467 e. The number of benzene rings is 1. The Labute approximate surface area is 116 Å². The minimum atomic E-state index is 0.128. The number of nitrogens with one attached hydrogen (secondary N) is 1. The molecule has 1 aliphatic rings. The molecule has 1 N–H and O–H groups in total. The van der Waals surface area contributed by atoms with Crippen LogP contribution in [0.1, 0.15) is 17.0 Å². The van der Waals surface area contributed by atoms with E-state index in [-0.39, 0.29) is 11.3 Å². The van der Waals surface area contributed by atoms with E-state index >= 15 is 0 Å². The first-order valence-corrected chi connectivity index (χ1v) is 6.41. The predicted octanol–water partition coefficient (Wildman–Crippen LogP) is 2.29. The number of nitrogens with zero attached hydrogens (tertiary/aromatic N) is 3. The van der Waals surface area contributed by atoms with E-state index < -0.39 is 0 Å². The molecule has 0 saturated carbocycles. The smallest absolute Gasteiger partial charge is 0.322 e. The van der Waals surface area contributed by atoms with Crippen molar-refractivity contribution in [2.45, 2.75) is 12.3 Å². The maximum absolute atomic E-state index is 5.79. The molecular weight excluding hydrogens is 264 g/mol. The van der Waals surface area contributed by atoms with E-state index in [4.69, 9.17) is 16.3 Å². The van der Waals surface area contributed by atoms with Crippen LogP contribution in [-0.2, 0) is 6.42 Å². The van der Waals surface area contributed by atoms with Crippen LogP contribution in [0.3, 0.4) is 0 Å². The number of fused-ring (bicyclic) bond motifs is 1. The summed E-state index contributed by atoms with van der Waals surface area (Å²) in [5, 5.41) is 3.30.